The van der Waals surface area contributed by atoms with Crippen LogP contribution in [0.15, 0.2) is 18.3 Å². The van der Waals surface area contributed by atoms with Crippen LogP contribution in [0.5, 0.6) is 0 Å². The summed E-state index contributed by atoms with van der Waals surface area (Å²) >= 11 is 0. The molecule has 0 bridgehead atoms. The van der Waals surface area contributed by atoms with Gasteiger partial charge in [-0.3, -0.25) is 24.6 Å². The van der Waals surface area contributed by atoms with Crippen molar-refractivity contribution in [3.8, 4) is 0 Å². The van der Waals surface area contributed by atoms with Gasteiger partial charge in [0, 0.05) is 12.7 Å². The molecule has 2 amide bonds. The van der Waals surface area contributed by atoms with E-state index in [9.17, 15) is 14.4 Å². The number of esters is 1. The van der Waals surface area contributed by atoms with Gasteiger partial charge < -0.3 is 14.5 Å². The number of carbonyl (C=O) groups is 3. The molecule has 1 aromatic rings. The van der Waals surface area contributed by atoms with Crippen molar-refractivity contribution in [3.63, 3.8) is 0 Å². The normalized spacial score (nSPS) is 19.0. The summed E-state index contributed by atoms with van der Waals surface area (Å²) < 4.78 is 9.89. The van der Waals surface area contributed by atoms with Crippen LogP contribution in [0.1, 0.15) is 10.5 Å². The number of amides is 2. The van der Waals surface area contributed by atoms with Crippen LogP contribution in [0.4, 0.5) is 0 Å². The van der Waals surface area contributed by atoms with Crippen LogP contribution in [0, 0.1) is 0 Å². The first-order valence-electron chi connectivity index (χ1n) is 6.49. The average molecular weight is 295 g/mol. The van der Waals surface area contributed by atoms with Crippen LogP contribution in [-0.2, 0) is 19.1 Å². The Morgan fingerprint density at radius 1 is 1.52 bits per heavy atom. The topological polar surface area (TPSA) is 101 Å². The molecule has 2 heterocycles. The lowest BCUT2D eigenvalue weighted by atomic mass is 10.2. The monoisotopic (exact) mass is 295 g/mol. The molecule has 2 N–H and O–H groups in total. The van der Waals surface area contributed by atoms with Gasteiger partial charge in [-0.1, -0.05) is 0 Å². The predicted octanol–water partition coefficient (Wildman–Crippen LogP) is -0.855. The minimum atomic E-state index is -0.630. The van der Waals surface area contributed by atoms with Crippen molar-refractivity contribution in [2.45, 2.75) is 6.04 Å². The largest absolute Gasteiger partial charge is 0.468 e. The van der Waals surface area contributed by atoms with Gasteiger partial charge in [-0.15, -0.1) is 0 Å². The van der Waals surface area contributed by atoms with E-state index >= 15 is 0 Å². The third-order valence-electron chi connectivity index (χ3n) is 3.15. The molecular weight excluding hydrogens is 278 g/mol. The number of nitrogens with zero attached hydrogens (tertiary/aromatic N) is 1. The van der Waals surface area contributed by atoms with E-state index in [0.29, 0.717) is 18.8 Å². The van der Waals surface area contributed by atoms with E-state index in [1.54, 1.807) is 23.2 Å². The zero-order chi connectivity index (χ0) is 15.2. The molecule has 2 rings (SSSR count). The summed E-state index contributed by atoms with van der Waals surface area (Å²) in [6.07, 6.45) is 1.59. The Bertz CT molecular complexity index is 514. The van der Waals surface area contributed by atoms with E-state index in [-0.39, 0.29) is 13.2 Å². The molecule has 0 saturated carbocycles. The third-order valence-corrected chi connectivity index (χ3v) is 3.15. The van der Waals surface area contributed by atoms with Gasteiger partial charge in [-0.05, 0) is 12.1 Å². The van der Waals surface area contributed by atoms with Gasteiger partial charge in [0.05, 0.1) is 26.9 Å². The van der Waals surface area contributed by atoms with E-state index in [0.717, 1.165) is 0 Å². The number of morpholine rings is 1. The fourth-order valence-corrected chi connectivity index (χ4v) is 2.07. The molecule has 1 atom stereocenters. The summed E-state index contributed by atoms with van der Waals surface area (Å²) in [5.74, 6) is -1.45. The molecular formula is C13H17N3O5. The summed E-state index contributed by atoms with van der Waals surface area (Å²) in [6.45, 7) is 0.940. The highest BCUT2D eigenvalue weighted by atomic mass is 16.5. The molecule has 114 valence electrons. The van der Waals surface area contributed by atoms with Crippen molar-refractivity contribution in [2.24, 2.45) is 0 Å². The van der Waals surface area contributed by atoms with Gasteiger partial charge in [0.25, 0.3) is 5.91 Å². The Balaban J connectivity index is 1.91. The van der Waals surface area contributed by atoms with Crippen LogP contribution < -0.4 is 5.32 Å². The van der Waals surface area contributed by atoms with Crippen molar-refractivity contribution in [2.75, 3.05) is 33.4 Å². The highest BCUT2D eigenvalue weighted by Crippen LogP contribution is 2.08. The lowest BCUT2D eigenvalue weighted by molar-refractivity contribution is -0.153. The van der Waals surface area contributed by atoms with Crippen molar-refractivity contribution in [1.82, 2.24) is 15.2 Å². The van der Waals surface area contributed by atoms with Crippen LogP contribution >= 0.6 is 0 Å². The SMILES string of the molecule is COC(=O)C1COCCN1CC(=O)NC(=O)c1ccc[nH]1. The van der Waals surface area contributed by atoms with Gasteiger partial charge in [0.2, 0.25) is 5.91 Å². The number of aromatic amines is 1. The standard InChI is InChI=1S/C13H17N3O5/c1-20-13(19)10-8-21-6-5-16(10)7-11(17)15-12(18)9-3-2-4-14-9/h2-4,10,14H,5-8H2,1H3,(H,15,17,18). The van der Waals surface area contributed by atoms with Crippen molar-refractivity contribution < 1.29 is 23.9 Å². The van der Waals surface area contributed by atoms with E-state index in [4.69, 9.17) is 4.74 Å². The van der Waals surface area contributed by atoms with Gasteiger partial charge in [-0.25, -0.2) is 0 Å². The zero-order valence-electron chi connectivity index (χ0n) is 11.6. The molecule has 1 fully saturated rings. The minimum absolute atomic E-state index is 0.0738. The van der Waals surface area contributed by atoms with Gasteiger partial charge in [0.1, 0.15) is 11.7 Å². The summed E-state index contributed by atoms with van der Waals surface area (Å²) in [4.78, 5) is 39.6. The number of hydrogen-bond donors (Lipinski definition) is 2. The number of imide groups is 1. The Morgan fingerprint density at radius 2 is 2.33 bits per heavy atom. The Kier molecular flexibility index (Phi) is 5.07. The fourth-order valence-electron chi connectivity index (χ4n) is 2.07. The second-order valence-corrected chi connectivity index (χ2v) is 4.55. The summed E-state index contributed by atoms with van der Waals surface area (Å²) in [6, 6.07) is 2.60. The molecule has 1 unspecified atom stereocenters. The molecule has 0 aromatic carbocycles. The molecule has 8 nitrogen and oxygen atoms in total. The number of aromatic nitrogens is 1. The lowest BCUT2D eigenvalue weighted by Gasteiger charge is -2.32. The number of ether oxygens (including phenoxy) is 2. The van der Waals surface area contributed by atoms with Crippen molar-refractivity contribution in [3.05, 3.63) is 24.0 Å². The smallest absolute Gasteiger partial charge is 0.325 e. The number of H-pyrrole nitrogens is 1. The van der Waals surface area contributed by atoms with Crippen LogP contribution in [0.2, 0.25) is 0 Å². The van der Waals surface area contributed by atoms with Gasteiger partial charge in [0.15, 0.2) is 0 Å². The minimum Gasteiger partial charge on any atom is -0.468 e. The predicted molar refractivity (Wildman–Crippen MR) is 71.5 cm³/mol. The summed E-state index contributed by atoms with van der Waals surface area (Å²) in [7, 11) is 1.28. The summed E-state index contributed by atoms with van der Waals surface area (Å²) in [5, 5.41) is 2.26. The van der Waals surface area contributed by atoms with E-state index < -0.39 is 23.8 Å². The van der Waals surface area contributed by atoms with E-state index in [1.165, 1.54) is 7.11 Å². The Hall–Kier alpha value is -2.19. The quantitative estimate of drug-likeness (QED) is 0.701. The highest BCUT2D eigenvalue weighted by Gasteiger charge is 2.31. The van der Waals surface area contributed by atoms with Crippen molar-refractivity contribution in [1.29, 1.82) is 0 Å². The molecule has 0 spiro atoms. The molecule has 8 heteroatoms. The first kappa shape index (κ1) is 15.2. The molecule has 0 aliphatic carbocycles. The number of methoxy groups -OCH3 is 1. The van der Waals surface area contributed by atoms with E-state index in [2.05, 4.69) is 15.0 Å². The van der Waals surface area contributed by atoms with Gasteiger partial charge in [-0.2, -0.15) is 0 Å². The first-order valence-corrected chi connectivity index (χ1v) is 6.49. The van der Waals surface area contributed by atoms with Crippen LogP contribution in [-0.4, -0.2) is 67.1 Å². The van der Waals surface area contributed by atoms with E-state index in [1.807, 2.05) is 0 Å². The second-order valence-electron chi connectivity index (χ2n) is 4.55. The molecule has 1 aromatic heterocycles. The fraction of sp³-hybridized carbons (Fsp3) is 0.462. The van der Waals surface area contributed by atoms with Gasteiger partial charge >= 0.3 is 5.97 Å². The molecule has 21 heavy (non-hydrogen) atoms. The molecule has 1 aliphatic heterocycles. The highest BCUT2D eigenvalue weighted by molar-refractivity contribution is 6.04. The summed E-state index contributed by atoms with van der Waals surface area (Å²) in [5.41, 5.74) is 0.301. The molecule has 0 radical (unpaired) electrons. The number of carbonyl (C=O) groups excluding carboxylic acids is 3. The lowest BCUT2D eigenvalue weighted by Crippen LogP contribution is -2.53. The van der Waals surface area contributed by atoms with Crippen molar-refractivity contribution >= 4 is 17.8 Å². The molecule has 1 saturated heterocycles. The maximum atomic E-state index is 11.9. The average Bonchev–Trinajstić information content (AvgIpc) is 3.01. The maximum Gasteiger partial charge on any atom is 0.325 e. The van der Waals surface area contributed by atoms with Crippen LogP contribution in [0.3, 0.4) is 0 Å². The number of rotatable bonds is 4. The molecule has 1 aliphatic rings. The number of hydrogen-bond acceptors (Lipinski definition) is 6. The first-order chi connectivity index (χ1) is 10.1. The Labute approximate surface area is 121 Å². The number of nitrogens with one attached hydrogen (secondary N) is 2. The second kappa shape index (κ2) is 7.00. The maximum absolute atomic E-state index is 11.9. The Morgan fingerprint density at radius 3 is 3.00 bits per heavy atom. The van der Waals surface area contributed by atoms with Crippen LogP contribution in [0.25, 0.3) is 0 Å². The third kappa shape index (κ3) is 3.89. The zero-order valence-corrected chi connectivity index (χ0v) is 11.6.